The minimum Gasteiger partial charge on any atom is -0.493 e. The molecule has 3 rings (SSSR count). The fourth-order valence-corrected chi connectivity index (χ4v) is 3.15. The molecule has 29 heavy (non-hydrogen) atoms. The Kier molecular flexibility index (Phi) is 7.02. The van der Waals surface area contributed by atoms with E-state index in [9.17, 15) is 4.79 Å². The quantitative estimate of drug-likeness (QED) is 0.704. The number of amides is 1. The molecule has 0 aliphatic carbocycles. The monoisotopic (exact) mass is 401 g/mol. The molecule has 0 spiro atoms. The number of carbonyl (C=O) groups is 1. The van der Waals surface area contributed by atoms with Crippen LogP contribution in [0.1, 0.15) is 0 Å². The van der Waals surface area contributed by atoms with Crippen LogP contribution >= 0.6 is 0 Å². The van der Waals surface area contributed by atoms with E-state index >= 15 is 0 Å². The summed E-state index contributed by atoms with van der Waals surface area (Å²) in [5, 5.41) is 5.97. The van der Waals surface area contributed by atoms with Crippen LogP contribution in [0.4, 0.5) is 17.1 Å². The van der Waals surface area contributed by atoms with E-state index in [-0.39, 0.29) is 12.5 Å². The Labute approximate surface area is 170 Å². The zero-order chi connectivity index (χ0) is 20.6. The summed E-state index contributed by atoms with van der Waals surface area (Å²) in [4.78, 5) is 14.6. The normalized spacial score (nSPS) is 13.6. The van der Waals surface area contributed by atoms with Crippen LogP contribution in [0.2, 0.25) is 0 Å². The van der Waals surface area contributed by atoms with E-state index in [0.717, 1.165) is 37.7 Å². The third-order valence-electron chi connectivity index (χ3n) is 4.65. The van der Waals surface area contributed by atoms with Gasteiger partial charge in [-0.3, -0.25) is 4.79 Å². The van der Waals surface area contributed by atoms with Crippen LogP contribution in [0.25, 0.3) is 0 Å². The number of carbonyl (C=O) groups excluding carboxylic acids is 1. The SMILES string of the molecule is COc1cc(NCC(=O)Nc2ccc(N3CCOCC3)cc2)cc(OC)c1OC. The summed E-state index contributed by atoms with van der Waals surface area (Å²) in [6.07, 6.45) is 0. The first-order valence-corrected chi connectivity index (χ1v) is 9.41. The maximum absolute atomic E-state index is 12.3. The molecule has 1 saturated heterocycles. The largest absolute Gasteiger partial charge is 0.493 e. The number of benzene rings is 2. The van der Waals surface area contributed by atoms with Crippen LogP contribution in [0.3, 0.4) is 0 Å². The molecule has 0 saturated carbocycles. The number of hydrogen-bond donors (Lipinski definition) is 2. The van der Waals surface area contributed by atoms with Crippen molar-refractivity contribution in [2.75, 3.05) is 69.7 Å². The molecule has 0 aromatic heterocycles. The second-order valence-corrected chi connectivity index (χ2v) is 6.46. The fourth-order valence-electron chi connectivity index (χ4n) is 3.15. The van der Waals surface area contributed by atoms with Crippen molar-refractivity contribution in [3.8, 4) is 17.2 Å². The molecular weight excluding hydrogens is 374 g/mol. The second kappa shape index (κ2) is 9.88. The summed E-state index contributed by atoms with van der Waals surface area (Å²) in [7, 11) is 4.65. The van der Waals surface area contributed by atoms with Crippen molar-refractivity contribution in [2.24, 2.45) is 0 Å². The molecule has 8 heteroatoms. The van der Waals surface area contributed by atoms with E-state index in [1.165, 1.54) is 0 Å². The van der Waals surface area contributed by atoms with Crippen molar-refractivity contribution in [1.82, 2.24) is 0 Å². The zero-order valence-electron chi connectivity index (χ0n) is 17.0. The standard InChI is InChI=1S/C21H27N3O5/c1-26-18-12-16(13-19(27-2)21(18)28-3)22-14-20(25)23-15-4-6-17(7-5-15)24-8-10-29-11-9-24/h4-7,12-13,22H,8-11,14H2,1-3H3,(H,23,25). The molecule has 0 bridgehead atoms. The number of nitrogens with zero attached hydrogens (tertiary/aromatic N) is 1. The number of anilines is 3. The molecule has 0 atom stereocenters. The van der Waals surface area contributed by atoms with Gasteiger partial charge in [0.1, 0.15) is 0 Å². The summed E-state index contributed by atoms with van der Waals surface area (Å²) >= 11 is 0. The Morgan fingerprint density at radius 2 is 1.59 bits per heavy atom. The van der Waals surface area contributed by atoms with Crippen LogP contribution in [0.15, 0.2) is 36.4 Å². The van der Waals surface area contributed by atoms with Gasteiger partial charge in [-0.25, -0.2) is 0 Å². The highest BCUT2D eigenvalue weighted by molar-refractivity contribution is 5.94. The topological polar surface area (TPSA) is 81.3 Å². The van der Waals surface area contributed by atoms with Crippen LogP contribution in [-0.4, -0.2) is 60.1 Å². The lowest BCUT2D eigenvalue weighted by molar-refractivity contribution is -0.114. The molecule has 0 radical (unpaired) electrons. The van der Waals surface area contributed by atoms with Crippen molar-refractivity contribution >= 4 is 23.0 Å². The number of hydrogen-bond acceptors (Lipinski definition) is 7. The molecule has 1 aliphatic heterocycles. The third-order valence-corrected chi connectivity index (χ3v) is 4.65. The molecule has 1 amide bonds. The Hall–Kier alpha value is -3.13. The van der Waals surface area contributed by atoms with Gasteiger partial charge < -0.3 is 34.5 Å². The van der Waals surface area contributed by atoms with E-state index in [4.69, 9.17) is 18.9 Å². The van der Waals surface area contributed by atoms with E-state index in [1.807, 2.05) is 24.3 Å². The summed E-state index contributed by atoms with van der Waals surface area (Å²) in [6, 6.07) is 11.3. The van der Waals surface area contributed by atoms with E-state index in [1.54, 1.807) is 33.5 Å². The summed E-state index contributed by atoms with van der Waals surface area (Å²) < 4.78 is 21.3. The number of methoxy groups -OCH3 is 3. The first-order chi connectivity index (χ1) is 14.1. The van der Waals surface area contributed by atoms with Crippen molar-refractivity contribution in [1.29, 1.82) is 0 Å². The second-order valence-electron chi connectivity index (χ2n) is 6.46. The van der Waals surface area contributed by atoms with Gasteiger partial charge in [0.05, 0.1) is 41.1 Å². The fraction of sp³-hybridized carbons (Fsp3) is 0.381. The molecule has 1 heterocycles. The lowest BCUT2D eigenvalue weighted by Gasteiger charge is -2.28. The van der Waals surface area contributed by atoms with Gasteiger partial charge in [0.15, 0.2) is 11.5 Å². The maximum Gasteiger partial charge on any atom is 0.243 e. The van der Waals surface area contributed by atoms with E-state index in [2.05, 4.69) is 15.5 Å². The number of ether oxygens (including phenoxy) is 4. The molecule has 8 nitrogen and oxygen atoms in total. The maximum atomic E-state index is 12.3. The Morgan fingerprint density at radius 1 is 0.966 bits per heavy atom. The molecule has 2 N–H and O–H groups in total. The first-order valence-electron chi connectivity index (χ1n) is 9.41. The van der Waals surface area contributed by atoms with Gasteiger partial charge in [0.25, 0.3) is 0 Å². The molecule has 1 aliphatic rings. The zero-order valence-corrected chi connectivity index (χ0v) is 17.0. The van der Waals surface area contributed by atoms with Gasteiger partial charge in [-0.05, 0) is 24.3 Å². The smallest absolute Gasteiger partial charge is 0.243 e. The number of morpholine rings is 1. The summed E-state index contributed by atoms with van der Waals surface area (Å²) in [5.41, 5.74) is 2.57. The Morgan fingerprint density at radius 3 is 2.14 bits per heavy atom. The molecule has 0 unspecified atom stereocenters. The average molecular weight is 401 g/mol. The minimum absolute atomic E-state index is 0.101. The van der Waals surface area contributed by atoms with Gasteiger partial charge in [-0.1, -0.05) is 0 Å². The van der Waals surface area contributed by atoms with Crippen molar-refractivity contribution in [3.63, 3.8) is 0 Å². The lowest BCUT2D eigenvalue weighted by atomic mass is 10.2. The molecular formula is C21H27N3O5. The van der Waals surface area contributed by atoms with Gasteiger partial charge in [0, 0.05) is 42.3 Å². The van der Waals surface area contributed by atoms with Crippen LogP contribution < -0.4 is 29.7 Å². The Bertz CT molecular complexity index is 795. The Balaban J connectivity index is 1.57. The van der Waals surface area contributed by atoms with Gasteiger partial charge >= 0.3 is 0 Å². The number of nitrogens with one attached hydrogen (secondary N) is 2. The van der Waals surface area contributed by atoms with Crippen molar-refractivity contribution in [3.05, 3.63) is 36.4 Å². The molecule has 156 valence electrons. The van der Waals surface area contributed by atoms with Crippen molar-refractivity contribution in [2.45, 2.75) is 0 Å². The minimum atomic E-state index is -0.155. The molecule has 2 aromatic rings. The lowest BCUT2D eigenvalue weighted by Crippen LogP contribution is -2.36. The predicted octanol–water partition coefficient (Wildman–Crippen LogP) is 2.60. The van der Waals surface area contributed by atoms with E-state index in [0.29, 0.717) is 22.9 Å². The summed E-state index contributed by atoms with van der Waals surface area (Å²) in [6.45, 7) is 3.34. The van der Waals surface area contributed by atoms with Crippen LogP contribution in [-0.2, 0) is 9.53 Å². The predicted molar refractivity (Wildman–Crippen MR) is 113 cm³/mol. The molecule has 2 aromatic carbocycles. The highest BCUT2D eigenvalue weighted by Crippen LogP contribution is 2.39. The summed E-state index contributed by atoms with van der Waals surface area (Å²) in [5.74, 6) is 1.39. The van der Waals surface area contributed by atoms with Gasteiger partial charge in [-0.15, -0.1) is 0 Å². The van der Waals surface area contributed by atoms with Crippen LogP contribution in [0.5, 0.6) is 17.2 Å². The van der Waals surface area contributed by atoms with Crippen LogP contribution in [0, 0.1) is 0 Å². The average Bonchev–Trinajstić information content (AvgIpc) is 2.78. The highest BCUT2D eigenvalue weighted by Gasteiger charge is 2.14. The third kappa shape index (κ3) is 5.23. The van der Waals surface area contributed by atoms with Gasteiger partial charge in [0.2, 0.25) is 11.7 Å². The first kappa shape index (κ1) is 20.6. The van der Waals surface area contributed by atoms with Crippen molar-refractivity contribution < 1.29 is 23.7 Å². The van der Waals surface area contributed by atoms with Gasteiger partial charge in [-0.2, -0.15) is 0 Å². The highest BCUT2D eigenvalue weighted by atomic mass is 16.5. The molecule has 1 fully saturated rings. The van der Waals surface area contributed by atoms with E-state index < -0.39 is 0 Å². The number of rotatable bonds is 8.